The Morgan fingerprint density at radius 2 is 1.88 bits per heavy atom. The van der Waals surface area contributed by atoms with Crippen molar-refractivity contribution in [3.8, 4) is 0 Å². The van der Waals surface area contributed by atoms with Gasteiger partial charge in [0.15, 0.2) is 0 Å². The fraction of sp³-hybridized carbons (Fsp3) is 0.500. The van der Waals surface area contributed by atoms with E-state index < -0.39 is 5.97 Å². The van der Waals surface area contributed by atoms with E-state index in [2.05, 4.69) is 29.2 Å². The molecule has 0 aromatic heterocycles. The number of hydrogen-bond donors (Lipinski definition) is 1. The third-order valence-electron chi connectivity index (χ3n) is 3.42. The quantitative estimate of drug-likeness (QED) is 0.868. The van der Waals surface area contributed by atoms with Crippen LogP contribution in [-0.4, -0.2) is 29.1 Å². The van der Waals surface area contributed by atoms with Gasteiger partial charge in [-0.05, 0) is 37.4 Å². The molecule has 2 rings (SSSR count). The van der Waals surface area contributed by atoms with Crippen LogP contribution in [0.5, 0.6) is 0 Å². The topological polar surface area (TPSA) is 40.5 Å². The lowest BCUT2D eigenvalue weighted by atomic mass is 9.93. The van der Waals surface area contributed by atoms with Gasteiger partial charge in [0.1, 0.15) is 0 Å². The van der Waals surface area contributed by atoms with Crippen LogP contribution in [0, 0.1) is 5.92 Å². The van der Waals surface area contributed by atoms with Crippen molar-refractivity contribution in [2.45, 2.75) is 25.8 Å². The summed E-state index contributed by atoms with van der Waals surface area (Å²) in [6.07, 6.45) is 2.36. The number of rotatable bonds is 4. The standard InChI is InChI=1S/C14H19NO2/c16-14(17)10-12-6-8-15(9-7-12)11-13-4-2-1-3-5-13/h1-5,12H,6-11H2,(H,16,17). The Labute approximate surface area is 102 Å². The fourth-order valence-electron chi connectivity index (χ4n) is 2.44. The third kappa shape index (κ3) is 3.86. The minimum absolute atomic E-state index is 0.333. The molecule has 1 heterocycles. The second kappa shape index (κ2) is 5.82. The van der Waals surface area contributed by atoms with Crippen LogP contribution in [0.1, 0.15) is 24.8 Å². The summed E-state index contributed by atoms with van der Waals surface area (Å²) < 4.78 is 0. The molecule has 1 aromatic carbocycles. The van der Waals surface area contributed by atoms with E-state index >= 15 is 0 Å². The molecule has 1 aliphatic rings. The number of benzene rings is 1. The van der Waals surface area contributed by atoms with Crippen molar-refractivity contribution < 1.29 is 9.90 Å². The zero-order chi connectivity index (χ0) is 12.1. The first-order chi connectivity index (χ1) is 8.24. The molecule has 17 heavy (non-hydrogen) atoms. The molecule has 0 unspecified atom stereocenters. The summed E-state index contributed by atoms with van der Waals surface area (Å²) in [4.78, 5) is 13.0. The first kappa shape index (κ1) is 12.1. The van der Waals surface area contributed by atoms with Crippen LogP contribution in [-0.2, 0) is 11.3 Å². The number of likely N-dealkylation sites (tertiary alicyclic amines) is 1. The maximum Gasteiger partial charge on any atom is 0.303 e. The molecule has 1 aromatic rings. The molecule has 1 aliphatic heterocycles. The summed E-state index contributed by atoms with van der Waals surface area (Å²) in [5, 5.41) is 8.75. The van der Waals surface area contributed by atoms with Crippen LogP contribution in [0.15, 0.2) is 30.3 Å². The summed E-state index contributed by atoms with van der Waals surface area (Å²) in [6.45, 7) is 3.03. The van der Waals surface area contributed by atoms with Crippen molar-refractivity contribution in [2.24, 2.45) is 5.92 Å². The first-order valence-electron chi connectivity index (χ1n) is 6.22. The Bertz CT molecular complexity index is 356. The van der Waals surface area contributed by atoms with Gasteiger partial charge in [-0.25, -0.2) is 0 Å². The lowest BCUT2D eigenvalue weighted by Gasteiger charge is -2.31. The number of hydrogen-bond acceptors (Lipinski definition) is 2. The molecule has 0 bridgehead atoms. The molecule has 1 N–H and O–H groups in total. The molecular formula is C14H19NO2. The number of nitrogens with zero attached hydrogens (tertiary/aromatic N) is 1. The molecule has 3 nitrogen and oxygen atoms in total. The summed E-state index contributed by atoms with van der Waals surface area (Å²) in [7, 11) is 0. The van der Waals surface area contributed by atoms with Gasteiger partial charge in [0, 0.05) is 13.0 Å². The minimum Gasteiger partial charge on any atom is -0.481 e. The van der Waals surface area contributed by atoms with Gasteiger partial charge in [0.25, 0.3) is 0 Å². The molecule has 0 amide bonds. The van der Waals surface area contributed by atoms with E-state index in [0.717, 1.165) is 32.5 Å². The second-order valence-electron chi connectivity index (χ2n) is 4.80. The third-order valence-corrected chi connectivity index (χ3v) is 3.42. The average molecular weight is 233 g/mol. The maximum atomic E-state index is 10.6. The molecular weight excluding hydrogens is 214 g/mol. The van der Waals surface area contributed by atoms with E-state index in [-0.39, 0.29) is 0 Å². The second-order valence-corrected chi connectivity index (χ2v) is 4.80. The van der Waals surface area contributed by atoms with E-state index in [0.29, 0.717) is 12.3 Å². The Balaban J connectivity index is 1.78. The Morgan fingerprint density at radius 1 is 1.24 bits per heavy atom. The van der Waals surface area contributed by atoms with Crippen molar-refractivity contribution in [1.29, 1.82) is 0 Å². The van der Waals surface area contributed by atoms with Crippen molar-refractivity contribution in [1.82, 2.24) is 4.90 Å². The summed E-state index contributed by atoms with van der Waals surface area (Å²) in [5.74, 6) is -0.286. The van der Waals surface area contributed by atoms with Crippen LogP contribution in [0.2, 0.25) is 0 Å². The molecule has 0 radical (unpaired) electrons. The zero-order valence-corrected chi connectivity index (χ0v) is 10.0. The van der Waals surface area contributed by atoms with Gasteiger partial charge in [-0.3, -0.25) is 9.69 Å². The monoisotopic (exact) mass is 233 g/mol. The molecule has 1 fully saturated rings. The maximum absolute atomic E-state index is 10.6. The van der Waals surface area contributed by atoms with Crippen molar-refractivity contribution in [3.63, 3.8) is 0 Å². The van der Waals surface area contributed by atoms with E-state index in [1.807, 2.05) is 6.07 Å². The van der Waals surface area contributed by atoms with Crippen LogP contribution < -0.4 is 0 Å². The Kier molecular flexibility index (Phi) is 4.15. The molecule has 0 atom stereocenters. The predicted octanol–water partition coefficient (Wildman–Crippen LogP) is 2.37. The van der Waals surface area contributed by atoms with Crippen LogP contribution in [0.3, 0.4) is 0 Å². The highest BCUT2D eigenvalue weighted by Crippen LogP contribution is 2.21. The van der Waals surface area contributed by atoms with Crippen molar-refractivity contribution >= 4 is 5.97 Å². The first-order valence-corrected chi connectivity index (χ1v) is 6.22. The zero-order valence-electron chi connectivity index (χ0n) is 10.0. The number of carboxylic acids is 1. The summed E-state index contributed by atoms with van der Waals surface area (Å²) in [6, 6.07) is 10.4. The molecule has 0 spiro atoms. The van der Waals surface area contributed by atoms with Gasteiger partial charge in [-0.2, -0.15) is 0 Å². The van der Waals surface area contributed by atoms with Gasteiger partial charge in [0.2, 0.25) is 0 Å². The highest BCUT2D eigenvalue weighted by Gasteiger charge is 2.20. The number of carboxylic acid groups (broad SMARTS) is 1. The van der Waals surface area contributed by atoms with Crippen LogP contribution in [0.4, 0.5) is 0 Å². The average Bonchev–Trinajstić information content (AvgIpc) is 2.32. The van der Waals surface area contributed by atoms with E-state index in [9.17, 15) is 4.79 Å². The predicted molar refractivity (Wildman–Crippen MR) is 66.7 cm³/mol. The smallest absolute Gasteiger partial charge is 0.303 e. The lowest BCUT2D eigenvalue weighted by molar-refractivity contribution is -0.138. The van der Waals surface area contributed by atoms with Crippen molar-refractivity contribution in [2.75, 3.05) is 13.1 Å². The molecule has 1 saturated heterocycles. The van der Waals surface area contributed by atoms with E-state index in [1.165, 1.54) is 5.56 Å². The fourth-order valence-corrected chi connectivity index (χ4v) is 2.44. The van der Waals surface area contributed by atoms with Crippen molar-refractivity contribution in [3.05, 3.63) is 35.9 Å². The largest absolute Gasteiger partial charge is 0.481 e. The SMILES string of the molecule is O=C(O)CC1CCN(Cc2ccccc2)CC1. The normalized spacial score (nSPS) is 18.1. The number of carbonyl (C=O) groups is 1. The van der Waals surface area contributed by atoms with Gasteiger partial charge >= 0.3 is 5.97 Å². The van der Waals surface area contributed by atoms with Gasteiger partial charge in [-0.15, -0.1) is 0 Å². The van der Waals surface area contributed by atoms with Gasteiger partial charge < -0.3 is 5.11 Å². The Hall–Kier alpha value is -1.35. The highest BCUT2D eigenvalue weighted by atomic mass is 16.4. The Morgan fingerprint density at radius 3 is 2.47 bits per heavy atom. The number of piperidine rings is 1. The van der Waals surface area contributed by atoms with E-state index in [4.69, 9.17) is 5.11 Å². The highest BCUT2D eigenvalue weighted by molar-refractivity contribution is 5.67. The molecule has 92 valence electrons. The summed E-state index contributed by atoms with van der Waals surface area (Å²) >= 11 is 0. The lowest BCUT2D eigenvalue weighted by Crippen LogP contribution is -2.33. The van der Waals surface area contributed by atoms with Crippen LogP contribution >= 0.6 is 0 Å². The molecule has 3 heteroatoms. The summed E-state index contributed by atoms with van der Waals surface area (Å²) in [5.41, 5.74) is 1.34. The number of aliphatic carboxylic acids is 1. The molecule has 0 aliphatic carbocycles. The van der Waals surface area contributed by atoms with Gasteiger partial charge in [0.05, 0.1) is 0 Å². The minimum atomic E-state index is -0.661. The van der Waals surface area contributed by atoms with E-state index in [1.54, 1.807) is 0 Å². The molecule has 0 saturated carbocycles. The van der Waals surface area contributed by atoms with Gasteiger partial charge in [-0.1, -0.05) is 30.3 Å². The van der Waals surface area contributed by atoms with Crippen LogP contribution in [0.25, 0.3) is 0 Å².